The second-order valence-corrected chi connectivity index (χ2v) is 9.51. The van der Waals surface area contributed by atoms with E-state index in [1.165, 1.54) is 0 Å². The van der Waals surface area contributed by atoms with Gasteiger partial charge in [0.1, 0.15) is 5.72 Å². The predicted octanol–water partition coefficient (Wildman–Crippen LogP) is 4.70. The van der Waals surface area contributed by atoms with E-state index in [-0.39, 0.29) is 23.8 Å². The molecule has 1 spiro atoms. The van der Waals surface area contributed by atoms with Crippen LogP contribution >= 0.6 is 0 Å². The van der Waals surface area contributed by atoms with Gasteiger partial charge in [-0.15, -0.1) is 6.58 Å². The normalized spacial score (nSPS) is 31.6. The monoisotopic (exact) mass is 436 g/mol. The van der Waals surface area contributed by atoms with Crippen LogP contribution in [0.1, 0.15) is 44.2 Å². The first-order valence-corrected chi connectivity index (χ1v) is 11.1. The summed E-state index contributed by atoms with van der Waals surface area (Å²) in [5.74, 6) is 0.604. The van der Waals surface area contributed by atoms with Crippen molar-refractivity contribution in [2.75, 3.05) is 19.7 Å². The molecule has 1 aromatic carbocycles. The average Bonchev–Trinajstić information content (AvgIpc) is 3.10. The molecule has 0 aromatic heterocycles. The van der Waals surface area contributed by atoms with E-state index in [9.17, 15) is 18.0 Å². The number of carbonyl (C=O) groups is 1. The van der Waals surface area contributed by atoms with Crippen LogP contribution in [0, 0.1) is 17.8 Å². The van der Waals surface area contributed by atoms with Crippen molar-refractivity contribution in [3.8, 4) is 0 Å². The maximum Gasteiger partial charge on any atom is 0.416 e. The maximum atomic E-state index is 13.3. The predicted molar refractivity (Wildman–Crippen MR) is 112 cm³/mol. The third kappa shape index (κ3) is 4.02. The standard InChI is InChI=1S/C24H31F3N2O2/c1-4-5-18-12-20-14-28(13-17-6-8-19(9-7-17)24(25,26)27)11-10-23(20)29(22(18)30)21(15-31-23)16(2)3/h4,6-9,16,18,20-21H,1,5,10-15H2,2-3H3/t18-,20-,21-,23-/m1/s1. The van der Waals surface area contributed by atoms with Crippen molar-refractivity contribution in [2.45, 2.75) is 57.6 Å². The molecule has 1 aromatic rings. The summed E-state index contributed by atoms with van der Waals surface area (Å²) in [6.07, 6.45) is -0.351. The molecule has 3 fully saturated rings. The van der Waals surface area contributed by atoms with Gasteiger partial charge in [0.15, 0.2) is 0 Å². The van der Waals surface area contributed by atoms with Crippen LogP contribution in [0.3, 0.4) is 0 Å². The maximum absolute atomic E-state index is 13.3. The molecule has 3 heterocycles. The molecular formula is C24H31F3N2O2. The number of amides is 1. The Morgan fingerprint density at radius 3 is 2.61 bits per heavy atom. The number of benzene rings is 1. The smallest absolute Gasteiger partial charge is 0.353 e. The Morgan fingerprint density at radius 2 is 2.00 bits per heavy atom. The van der Waals surface area contributed by atoms with E-state index in [2.05, 4.69) is 30.2 Å². The van der Waals surface area contributed by atoms with Gasteiger partial charge in [0.2, 0.25) is 5.91 Å². The summed E-state index contributed by atoms with van der Waals surface area (Å²) in [5, 5.41) is 0. The molecule has 0 saturated carbocycles. The zero-order valence-electron chi connectivity index (χ0n) is 18.2. The third-order valence-corrected chi connectivity index (χ3v) is 7.21. The van der Waals surface area contributed by atoms with Crippen molar-refractivity contribution in [2.24, 2.45) is 17.8 Å². The summed E-state index contributed by atoms with van der Waals surface area (Å²) in [5.41, 5.74) is -0.301. The van der Waals surface area contributed by atoms with Crippen LogP contribution in [0.5, 0.6) is 0 Å². The van der Waals surface area contributed by atoms with E-state index in [1.807, 2.05) is 6.08 Å². The van der Waals surface area contributed by atoms with Gasteiger partial charge >= 0.3 is 6.18 Å². The summed E-state index contributed by atoms with van der Waals surface area (Å²) in [4.78, 5) is 17.7. The van der Waals surface area contributed by atoms with Crippen LogP contribution < -0.4 is 0 Å². The number of allylic oxidation sites excluding steroid dienone is 1. The van der Waals surface area contributed by atoms with Crippen LogP contribution in [-0.4, -0.2) is 47.2 Å². The first kappa shape index (κ1) is 22.3. The van der Waals surface area contributed by atoms with Crippen molar-refractivity contribution in [3.63, 3.8) is 0 Å². The van der Waals surface area contributed by atoms with Crippen LogP contribution in [0.15, 0.2) is 36.9 Å². The lowest BCUT2D eigenvalue weighted by Gasteiger charge is -2.55. The van der Waals surface area contributed by atoms with Crippen LogP contribution in [-0.2, 0) is 22.3 Å². The van der Waals surface area contributed by atoms with Gasteiger partial charge in [-0.05, 0) is 36.5 Å². The molecule has 3 aliphatic rings. The molecule has 170 valence electrons. The molecule has 7 heteroatoms. The molecule has 4 atom stereocenters. The van der Waals surface area contributed by atoms with E-state index in [0.717, 1.165) is 43.6 Å². The van der Waals surface area contributed by atoms with Gasteiger partial charge in [-0.25, -0.2) is 0 Å². The fraction of sp³-hybridized carbons (Fsp3) is 0.625. The van der Waals surface area contributed by atoms with Crippen molar-refractivity contribution in [3.05, 3.63) is 48.0 Å². The lowest BCUT2D eigenvalue weighted by Crippen LogP contribution is -2.66. The van der Waals surface area contributed by atoms with E-state index in [1.54, 1.807) is 12.1 Å². The first-order chi connectivity index (χ1) is 14.7. The van der Waals surface area contributed by atoms with Gasteiger partial charge in [0.05, 0.1) is 18.2 Å². The molecule has 31 heavy (non-hydrogen) atoms. The van der Waals surface area contributed by atoms with E-state index < -0.39 is 17.5 Å². The molecule has 3 aliphatic heterocycles. The molecule has 0 N–H and O–H groups in total. The molecule has 0 unspecified atom stereocenters. The van der Waals surface area contributed by atoms with E-state index >= 15 is 0 Å². The van der Waals surface area contributed by atoms with Crippen molar-refractivity contribution in [1.82, 2.24) is 9.80 Å². The summed E-state index contributed by atoms with van der Waals surface area (Å²) in [6, 6.07) is 5.50. The Kier molecular flexibility index (Phi) is 5.94. The van der Waals surface area contributed by atoms with Gasteiger partial charge in [-0.1, -0.05) is 32.1 Å². The SMILES string of the molecule is C=CC[C@@H]1C[C@@H]2CN(Cc3ccc(C(F)(F)F)cc3)CC[C@@]23OC[C@H](C(C)C)N3C1=O. The zero-order chi connectivity index (χ0) is 22.4. The second-order valence-electron chi connectivity index (χ2n) is 9.51. The first-order valence-electron chi connectivity index (χ1n) is 11.1. The lowest BCUT2D eigenvalue weighted by molar-refractivity contribution is -0.200. The van der Waals surface area contributed by atoms with Crippen molar-refractivity contribution < 1.29 is 22.7 Å². The number of alkyl halides is 3. The number of halogens is 3. The van der Waals surface area contributed by atoms with Crippen molar-refractivity contribution >= 4 is 5.91 Å². The molecule has 4 nitrogen and oxygen atoms in total. The lowest BCUT2D eigenvalue weighted by atomic mass is 9.74. The highest BCUT2D eigenvalue weighted by Crippen LogP contribution is 2.49. The van der Waals surface area contributed by atoms with Gasteiger partial charge in [-0.3, -0.25) is 9.69 Å². The number of likely N-dealkylation sites (tertiary alicyclic amines) is 1. The molecule has 0 bridgehead atoms. The minimum atomic E-state index is -4.32. The van der Waals surface area contributed by atoms with Crippen molar-refractivity contribution in [1.29, 1.82) is 0 Å². The number of rotatable bonds is 5. The number of piperidine rings is 2. The van der Waals surface area contributed by atoms with Crippen LogP contribution in [0.4, 0.5) is 13.2 Å². The number of hydrogen-bond donors (Lipinski definition) is 0. The van der Waals surface area contributed by atoms with E-state index in [0.29, 0.717) is 25.5 Å². The minimum Gasteiger partial charge on any atom is -0.353 e. The number of carbonyl (C=O) groups excluding carboxylic acids is 1. The van der Waals surface area contributed by atoms with Gasteiger partial charge in [0.25, 0.3) is 0 Å². The Balaban J connectivity index is 1.52. The number of nitrogens with zero attached hydrogens (tertiary/aromatic N) is 2. The molecule has 0 aliphatic carbocycles. The average molecular weight is 437 g/mol. The Morgan fingerprint density at radius 1 is 1.29 bits per heavy atom. The second kappa shape index (κ2) is 8.24. The summed E-state index contributed by atoms with van der Waals surface area (Å²) in [6.45, 7) is 10.8. The molecule has 4 rings (SSSR count). The van der Waals surface area contributed by atoms with Gasteiger partial charge in [0, 0.05) is 37.9 Å². The topological polar surface area (TPSA) is 32.8 Å². The minimum absolute atomic E-state index is 0.0791. The fourth-order valence-electron chi connectivity index (χ4n) is 5.57. The van der Waals surface area contributed by atoms with Gasteiger partial charge in [-0.2, -0.15) is 13.2 Å². The van der Waals surface area contributed by atoms with Crippen LogP contribution in [0.25, 0.3) is 0 Å². The zero-order valence-corrected chi connectivity index (χ0v) is 18.2. The highest BCUT2D eigenvalue weighted by Gasteiger charge is 2.60. The Hall–Kier alpha value is -1.86. The largest absolute Gasteiger partial charge is 0.416 e. The van der Waals surface area contributed by atoms with Crippen LogP contribution in [0.2, 0.25) is 0 Å². The summed E-state index contributed by atoms with van der Waals surface area (Å²) in [7, 11) is 0. The third-order valence-electron chi connectivity index (χ3n) is 7.21. The van der Waals surface area contributed by atoms with E-state index in [4.69, 9.17) is 4.74 Å². The number of hydrogen-bond acceptors (Lipinski definition) is 3. The molecule has 3 saturated heterocycles. The highest BCUT2D eigenvalue weighted by molar-refractivity contribution is 5.81. The molecule has 0 radical (unpaired) electrons. The molecular weight excluding hydrogens is 405 g/mol. The summed E-state index contributed by atoms with van der Waals surface area (Å²) < 4.78 is 44.9. The molecule has 1 amide bonds. The Bertz CT molecular complexity index is 823. The van der Waals surface area contributed by atoms with Gasteiger partial charge < -0.3 is 9.64 Å². The highest BCUT2D eigenvalue weighted by atomic mass is 19.4. The fourth-order valence-corrected chi connectivity index (χ4v) is 5.57. The quantitative estimate of drug-likeness (QED) is 0.627. The summed E-state index contributed by atoms with van der Waals surface area (Å²) >= 11 is 0. The number of ether oxygens (including phenoxy) is 1. The Labute approximate surface area is 182 Å².